The van der Waals surface area contributed by atoms with Crippen LogP contribution in [-0.2, 0) is 18.6 Å². The summed E-state index contributed by atoms with van der Waals surface area (Å²) in [5, 5.41) is 3.69. The Morgan fingerprint density at radius 1 is 0.885 bits per heavy atom. The van der Waals surface area contributed by atoms with Crippen molar-refractivity contribution in [2.24, 2.45) is 0 Å². The monoisotopic (exact) mass is 383 g/mol. The lowest BCUT2D eigenvalue weighted by Gasteiger charge is -2.46. The van der Waals surface area contributed by atoms with Gasteiger partial charge in [-0.3, -0.25) is 0 Å². The summed E-state index contributed by atoms with van der Waals surface area (Å²) in [5.74, 6) is -1.17. The van der Waals surface area contributed by atoms with Crippen molar-refractivity contribution < 1.29 is 18.6 Å². The molecule has 1 aliphatic rings. The van der Waals surface area contributed by atoms with Crippen molar-refractivity contribution in [1.29, 1.82) is 0 Å². The van der Waals surface area contributed by atoms with Crippen LogP contribution < -0.4 is 5.32 Å². The topological polar surface area (TPSA) is 49.0 Å². The summed E-state index contributed by atoms with van der Waals surface area (Å²) in [6.45, 7) is 14.6. The predicted octanol–water partition coefficient (Wildman–Crippen LogP) is 4.12. The highest BCUT2D eigenvalue weighted by Gasteiger charge is 2.39. The lowest BCUT2D eigenvalue weighted by molar-refractivity contribution is -0.305. The van der Waals surface area contributed by atoms with E-state index in [-0.39, 0.29) is 17.2 Å². The lowest BCUT2D eigenvalue weighted by atomic mass is 9.81. The molecule has 6 heteroatoms. The van der Waals surface area contributed by atoms with Gasteiger partial charge in [-0.1, -0.05) is 18.2 Å². The molecule has 1 rings (SSSR count). The van der Waals surface area contributed by atoms with Crippen LogP contribution in [0.15, 0.2) is 37.0 Å². The van der Waals surface area contributed by atoms with Crippen molar-refractivity contribution in [3.05, 3.63) is 37.0 Å². The zero-order chi connectivity index (χ0) is 19.7. The van der Waals surface area contributed by atoms with Crippen molar-refractivity contribution in [1.82, 2.24) is 5.32 Å². The van der Waals surface area contributed by atoms with Gasteiger partial charge in [-0.15, -0.1) is 0 Å². The summed E-state index contributed by atoms with van der Waals surface area (Å²) in [4.78, 5) is 0. The van der Waals surface area contributed by atoms with Gasteiger partial charge in [0.05, 0.1) is 24.8 Å². The molecule has 150 valence electrons. The van der Waals surface area contributed by atoms with Crippen LogP contribution >= 0.6 is 0 Å². The van der Waals surface area contributed by atoms with Gasteiger partial charge in [0.25, 0.3) is 0 Å². The third-order valence-electron chi connectivity index (χ3n) is 4.07. The molecule has 0 aliphatic carbocycles. The Morgan fingerprint density at radius 2 is 1.31 bits per heavy atom. The maximum absolute atomic E-state index is 6.34. The molecular weight excluding hydrogens is 346 g/mol. The molecule has 5 nitrogen and oxygen atoms in total. The van der Waals surface area contributed by atoms with E-state index in [4.69, 9.17) is 18.6 Å². The van der Waals surface area contributed by atoms with Gasteiger partial charge >= 0.3 is 5.97 Å². The Balaban J connectivity index is 2.74. The second kappa shape index (κ2) is 10.2. The van der Waals surface area contributed by atoms with E-state index in [1.165, 1.54) is 0 Å². The molecule has 0 saturated carbocycles. The normalized spacial score (nSPS) is 23.2. The summed E-state index contributed by atoms with van der Waals surface area (Å²) < 4.78 is 23.6. The molecule has 1 aliphatic heterocycles. The first-order valence-corrected chi connectivity index (χ1v) is 11.0. The van der Waals surface area contributed by atoms with Gasteiger partial charge in [-0.2, -0.15) is 0 Å². The largest absolute Gasteiger partial charge is 0.429 e. The van der Waals surface area contributed by atoms with E-state index in [1.807, 2.05) is 39.0 Å². The first-order chi connectivity index (χ1) is 12.2. The van der Waals surface area contributed by atoms with Gasteiger partial charge in [0, 0.05) is 17.2 Å². The van der Waals surface area contributed by atoms with Crippen LogP contribution in [0.3, 0.4) is 0 Å². The van der Waals surface area contributed by atoms with Gasteiger partial charge in [-0.05, 0) is 61.3 Å². The lowest BCUT2D eigenvalue weighted by Crippen LogP contribution is -2.59. The first kappa shape index (κ1) is 22.8. The molecule has 0 aromatic rings. The van der Waals surface area contributed by atoms with Crippen LogP contribution in [-0.4, -0.2) is 32.9 Å². The third kappa shape index (κ3) is 7.97. The van der Waals surface area contributed by atoms with Crippen molar-refractivity contribution in [3.8, 4) is 0 Å². The number of piperidine rings is 1. The van der Waals surface area contributed by atoms with Crippen molar-refractivity contribution in [2.75, 3.05) is 0 Å². The minimum Gasteiger partial charge on any atom is -0.429 e. The molecule has 0 aromatic carbocycles. The van der Waals surface area contributed by atoms with Crippen LogP contribution in [0, 0.1) is 0 Å². The van der Waals surface area contributed by atoms with E-state index in [9.17, 15) is 0 Å². The van der Waals surface area contributed by atoms with Gasteiger partial charge in [0.1, 0.15) is 0 Å². The van der Waals surface area contributed by atoms with Crippen LogP contribution in [0.4, 0.5) is 0 Å². The average molecular weight is 384 g/mol. The average Bonchev–Trinajstić information content (AvgIpc) is 2.53. The third-order valence-corrected chi connectivity index (χ3v) is 5.59. The quantitative estimate of drug-likeness (QED) is 0.349. The molecule has 0 spiro atoms. The smallest absolute Gasteiger partial charge is 0.414 e. The van der Waals surface area contributed by atoms with Gasteiger partial charge in [-0.25, -0.2) is 0 Å². The summed E-state index contributed by atoms with van der Waals surface area (Å²) in [6, 6.07) is 0.580. The number of hydrogen-bond acceptors (Lipinski definition) is 5. The van der Waals surface area contributed by atoms with Crippen molar-refractivity contribution >= 4 is 9.76 Å². The van der Waals surface area contributed by atoms with Crippen molar-refractivity contribution in [2.45, 2.75) is 90.5 Å². The molecule has 0 bridgehead atoms. The number of ether oxygens (including phenoxy) is 3. The second-order valence-electron chi connectivity index (χ2n) is 7.99. The maximum Gasteiger partial charge on any atom is 0.414 e. The van der Waals surface area contributed by atoms with Gasteiger partial charge < -0.3 is 24.0 Å². The molecule has 0 amide bonds. The van der Waals surface area contributed by atoms with Crippen LogP contribution in [0.2, 0.25) is 6.04 Å². The molecule has 0 aromatic heterocycles. The molecule has 26 heavy (non-hydrogen) atoms. The van der Waals surface area contributed by atoms with Gasteiger partial charge in [0.2, 0.25) is 0 Å². The summed E-state index contributed by atoms with van der Waals surface area (Å²) in [7, 11) is -0.923. The SMILES string of the molecule is CC=COC(C[SiH2]OC1CC(C)(C)NC(C)(C)C1)(OC=CC)OC=CC. The Kier molecular flexibility index (Phi) is 8.93. The minimum absolute atomic E-state index is 0.0717. The molecule has 1 N–H and O–H groups in total. The van der Waals surface area contributed by atoms with E-state index in [1.54, 1.807) is 18.8 Å². The fourth-order valence-corrected chi connectivity index (χ4v) is 4.76. The zero-order valence-electron chi connectivity index (χ0n) is 17.5. The van der Waals surface area contributed by atoms with Crippen molar-refractivity contribution in [3.63, 3.8) is 0 Å². The standard InChI is InChI=1S/C20H37NO4Si/c1-8-11-22-20(23-12-9-2,24-13-10-3)16-26-25-17-14-18(4,5)21-19(6,7)15-17/h8-13,17,21H,14-16,26H2,1-7H3. The molecule has 0 atom stereocenters. The van der Waals surface area contributed by atoms with Crippen LogP contribution in [0.25, 0.3) is 0 Å². The fraction of sp³-hybridized carbons (Fsp3) is 0.700. The van der Waals surface area contributed by atoms with E-state index in [0.717, 1.165) is 12.8 Å². The van der Waals surface area contributed by atoms with E-state index < -0.39 is 15.7 Å². The number of rotatable bonds is 10. The molecule has 0 unspecified atom stereocenters. The Morgan fingerprint density at radius 3 is 1.69 bits per heavy atom. The number of nitrogens with one attached hydrogen (secondary N) is 1. The highest BCUT2D eigenvalue weighted by molar-refractivity contribution is 6.27. The Bertz CT molecular complexity index is 448. The molecule has 1 heterocycles. The molecule has 1 fully saturated rings. The summed E-state index contributed by atoms with van der Waals surface area (Å²) >= 11 is 0. The summed E-state index contributed by atoms with van der Waals surface area (Å²) in [5.41, 5.74) is 0.143. The predicted molar refractivity (Wildman–Crippen MR) is 109 cm³/mol. The zero-order valence-corrected chi connectivity index (χ0v) is 18.9. The van der Waals surface area contributed by atoms with Crippen LogP contribution in [0.1, 0.15) is 61.3 Å². The van der Waals surface area contributed by atoms with Gasteiger partial charge in [0.15, 0.2) is 9.76 Å². The van der Waals surface area contributed by atoms with E-state index in [0.29, 0.717) is 6.04 Å². The minimum atomic E-state index is -1.17. The van der Waals surface area contributed by atoms with E-state index >= 15 is 0 Å². The molecular formula is C20H37NO4Si. The van der Waals surface area contributed by atoms with Crippen LogP contribution in [0.5, 0.6) is 0 Å². The van der Waals surface area contributed by atoms with E-state index in [2.05, 4.69) is 33.0 Å². The fourth-order valence-electron chi connectivity index (χ4n) is 3.47. The molecule has 1 saturated heterocycles. The maximum atomic E-state index is 6.34. The summed E-state index contributed by atoms with van der Waals surface area (Å²) in [6.07, 6.45) is 12.5. The molecule has 0 radical (unpaired) electrons. The second-order valence-corrected chi connectivity index (χ2v) is 9.23. The highest BCUT2D eigenvalue weighted by Crippen LogP contribution is 2.31. The first-order valence-electron chi connectivity index (χ1n) is 9.45. The number of hydrogen-bond donors (Lipinski definition) is 1. The Hall–Kier alpha value is -1.24. The Labute approximate surface area is 161 Å². The number of allylic oxidation sites excluding steroid dienone is 3. The highest BCUT2D eigenvalue weighted by atomic mass is 28.2.